The maximum Gasteiger partial charge on any atom is 0.323 e. The number of halogens is 1. The van der Waals surface area contributed by atoms with Gasteiger partial charge < -0.3 is 10.6 Å². The molecule has 1 aliphatic rings. The Morgan fingerprint density at radius 3 is 2.63 bits per heavy atom. The molecule has 0 spiro atoms. The van der Waals surface area contributed by atoms with Crippen LogP contribution in [0.25, 0.3) is 0 Å². The van der Waals surface area contributed by atoms with Crippen molar-refractivity contribution in [3.63, 3.8) is 0 Å². The van der Waals surface area contributed by atoms with E-state index in [2.05, 4.69) is 10.6 Å². The van der Waals surface area contributed by atoms with Crippen molar-refractivity contribution in [3.8, 4) is 0 Å². The molecule has 0 aromatic heterocycles. The Morgan fingerprint density at radius 1 is 1.32 bits per heavy atom. The summed E-state index contributed by atoms with van der Waals surface area (Å²) in [5.41, 5.74) is 2.04. The third kappa shape index (κ3) is 3.52. The van der Waals surface area contributed by atoms with E-state index in [-0.39, 0.29) is 11.1 Å². The lowest BCUT2D eigenvalue weighted by molar-refractivity contribution is -0.107. The molecule has 0 unspecified atom stereocenters. The number of urea groups is 1. The number of thioether (sulfide) groups is 1. The first-order valence-corrected chi connectivity index (χ1v) is 7.19. The van der Waals surface area contributed by atoms with Gasteiger partial charge in [0.05, 0.1) is 0 Å². The fourth-order valence-electron chi connectivity index (χ4n) is 1.74. The summed E-state index contributed by atoms with van der Waals surface area (Å²) in [6.07, 6.45) is 0.627. The number of rotatable bonds is 3. The molecular formula is C13H13ClN2O2S. The minimum Gasteiger partial charge on any atom is -0.310 e. The van der Waals surface area contributed by atoms with E-state index < -0.39 is 0 Å². The van der Waals surface area contributed by atoms with Crippen LogP contribution in [0, 0.1) is 0 Å². The lowest BCUT2D eigenvalue weighted by Gasteiger charge is -2.09. The largest absolute Gasteiger partial charge is 0.323 e. The highest BCUT2D eigenvalue weighted by atomic mass is 35.5. The van der Waals surface area contributed by atoms with E-state index in [1.165, 1.54) is 11.8 Å². The first-order chi connectivity index (χ1) is 9.10. The SMILES string of the molecule is CCC1=C(NC(=O)Nc2ccc(Cl)cc2)CSC1=O. The van der Waals surface area contributed by atoms with E-state index in [0.717, 1.165) is 0 Å². The number of benzene rings is 1. The normalized spacial score (nSPS) is 14.7. The van der Waals surface area contributed by atoms with Crippen molar-refractivity contribution in [2.75, 3.05) is 11.1 Å². The molecule has 0 fully saturated rings. The topological polar surface area (TPSA) is 58.2 Å². The maximum absolute atomic E-state index is 11.8. The van der Waals surface area contributed by atoms with Crippen LogP contribution in [0.15, 0.2) is 35.5 Å². The summed E-state index contributed by atoms with van der Waals surface area (Å²) in [5, 5.41) is 6.08. The van der Waals surface area contributed by atoms with E-state index >= 15 is 0 Å². The number of anilines is 1. The van der Waals surface area contributed by atoms with Crippen LogP contribution in [0.1, 0.15) is 13.3 Å². The van der Waals surface area contributed by atoms with Gasteiger partial charge in [-0.1, -0.05) is 30.3 Å². The van der Waals surface area contributed by atoms with Gasteiger partial charge in [-0.3, -0.25) is 4.79 Å². The van der Waals surface area contributed by atoms with Crippen molar-refractivity contribution in [1.82, 2.24) is 5.32 Å². The summed E-state index contributed by atoms with van der Waals surface area (Å²) in [6, 6.07) is 6.47. The zero-order chi connectivity index (χ0) is 13.8. The van der Waals surface area contributed by atoms with Crippen molar-refractivity contribution in [2.45, 2.75) is 13.3 Å². The van der Waals surface area contributed by atoms with E-state index in [1.807, 2.05) is 6.92 Å². The van der Waals surface area contributed by atoms with Crippen molar-refractivity contribution in [3.05, 3.63) is 40.6 Å². The highest BCUT2D eigenvalue weighted by Crippen LogP contribution is 2.26. The van der Waals surface area contributed by atoms with Crippen LogP contribution >= 0.6 is 23.4 Å². The molecule has 0 saturated carbocycles. The van der Waals surface area contributed by atoms with Gasteiger partial charge >= 0.3 is 6.03 Å². The highest BCUT2D eigenvalue weighted by molar-refractivity contribution is 8.14. The number of nitrogens with one attached hydrogen (secondary N) is 2. The first kappa shape index (κ1) is 14.0. The Balaban J connectivity index is 2.00. The molecular weight excluding hydrogens is 284 g/mol. The van der Waals surface area contributed by atoms with E-state index in [4.69, 9.17) is 11.6 Å². The summed E-state index contributed by atoms with van der Waals surface area (Å²) in [4.78, 5) is 23.3. The van der Waals surface area contributed by atoms with Crippen LogP contribution in [-0.4, -0.2) is 16.9 Å². The van der Waals surface area contributed by atoms with E-state index in [9.17, 15) is 9.59 Å². The van der Waals surface area contributed by atoms with Gasteiger partial charge in [0.1, 0.15) is 0 Å². The molecule has 2 N–H and O–H groups in total. The number of amides is 2. The second-order valence-electron chi connectivity index (χ2n) is 3.97. The van der Waals surface area contributed by atoms with Crippen LogP contribution in [0.5, 0.6) is 0 Å². The molecule has 0 bridgehead atoms. The van der Waals surface area contributed by atoms with Crippen LogP contribution in [0.4, 0.5) is 10.5 Å². The van der Waals surface area contributed by atoms with Gasteiger partial charge in [0.2, 0.25) is 5.12 Å². The quantitative estimate of drug-likeness (QED) is 0.899. The predicted molar refractivity (Wildman–Crippen MR) is 78.4 cm³/mol. The smallest absolute Gasteiger partial charge is 0.310 e. The minimum absolute atomic E-state index is 0.0456. The monoisotopic (exact) mass is 296 g/mol. The van der Waals surface area contributed by atoms with Crippen LogP contribution in [-0.2, 0) is 4.79 Å². The van der Waals surface area contributed by atoms with Crippen molar-refractivity contribution >= 4 is 40.2 Å². The van der Waals surface area contributed by atoms with Gasteiger partial charge in [0.15, 0.2) is 0 Å². The maximum atomic E-state index is 11.8. The number of hydrogen-bond donors (Lipinski definition) is 2. The Morgan fingerprint density at radius 2 is 2.00 bits per heavy atom. The standard InChI is InChI=1S/C13H13ClN2O2S/c1-2-10-11(7-19-12(10)17)16-13(18)15-9-5-3-8(14)4-6-9/h3-6H,2,7H2,1H3,(H2,15,16,18). The molecule has 2 rings (SSSR count). The van der Waals surface area contributed by atoms with Gasteiger partial charge in [-0.15, -0.1) is 0 Å². The van der Waals surface area contributed by atoms with E-state index in [0.29, 0.717) is 34.2 Å². The lowest BCUT2D eigenvalue weighted by Crippen LogP contribution is -2.29. The fraction of sp³-hybridized carbons (Fsp3) is 0.231. The Bertz CT molecular complexity index is 540. The molecule has 4 nitrogen and oxygen atoms in total. The average molecular weight is 297 g/mol. The Kier molecular flexibility index (Phi) is 4.50. The van der Waals surface area contributed by atoms with Crippen LogP contribution in [0.2, 0.25) is 5.02 Å². The van der Waals surface area contributed by atoms with E-state index in [1.54, 1.807) is 24.3 Å². The van der Waals surface area contributed by atoms with Crippen LogP contribution in [0.3, 0.4) is 0 Å². The molecule has 0 aliphatic carbocycles. The predicted octanol–water partition coefficient (Wildman–Crippen LogP) is 3.40. The summed E-state index contributed by atoms with van der Waals surface area (Å²) in [6.45, 7) is 1.90. The molecule has 100 valence electrons. The molecule has 1 aliphatic heterocycles. The Hall–Kier alpha value is -1.46. The zero-order valence-electron chi connectivity index (χ0n) is 10.3. The number of carbonyl (C=O) groups excluding carboxylic acids is 2. The molecule has 1 aromatic rings. The summed E-state index contributed by atoms with van der Waals surface area (Å²) >= 11 is 6.98. The summed E-state index contributed by atoms with van der Waals surface area (Å²) < 4.78 is 0. The molecule has 0 radical (unpaired) electrons. The molecule has 19 heavy (non-hydrogen) atoms. The third-order valence-corrected chi connectivity index (χ3v) is 3.87. The van der Waals surface area contributed by atoms with Gasteiger partial charge in [-0.25, -0.2) is 4.79 Å². The molecule has 6 heteroatoms. The van der Waals surface area contributed by atoms with Gasteiger partial charge in [0, 0.05) is 27.7 Å². The average Bonchev–Trinajstić information content (AvgIpc) is 2.72. The second kappa shape index (κ2) is 6.12. The molecule has 2 amide bonds. The first-order valence-electron chi connectivity index (χ1n) is 5.83. The number of hydrogen-bond acceptors (Lipinski definition) is 3. The molecule has 0 atom stereocenters. The summed E-state index contributed by atoms with van der Waals surface area (Å²) in [5.74, 6) is 0.524. The fourth-order valence-corrected chi connectivity index (χ4v) is 2.83. The number of carbonyl (C=O) groups is 2. The molecule has 0 saturated heterocycles. The lowest BCUT2D eigenvalue weighted by atomic mass is 10.2. The van der Waals surface area contributed by atoms with Gasteiger partial charge in [-0.2, -0.15) is 0 Å². The minimum atomic E-state index is -0.349. The van der Waals surface area contributed by atoms with Gasteiger partial charge in [-0.05, 0) is 30.7 Å². The highest BCUT2D eigenvalue weighted by Gasteiger charge is 2.23. The zero-order valence-corrected chi connectivity index (χ0v) is 11.9. The summed E-state index contributed by atoms with van der Waals surface area (Å²) in [7, 11) is 0. The van der Waals surface area contributed by atoms with Crippen molar-refractivity contribution in [2.24, 2.45) is 0 Å². The van der Waals surface area contributed by atoms with Gasteiger partial charge in [0.25, 0.3) is 0 Å². The second-order valence-corrected chi connectivity index (χ2v) is 5.36. The van der Waals surface area contributed by atoms with Crippen molar-refractivity contribution in [1.29, 1.82) is 0 Å². The Labute approximate surface area is 120 Å². The van der Waals surface area contributed by atoms with Crippen molar-refractivity contribution < 1.29 is 9.59 Å². The molecule has 1 heterocycles. The van der Waals surface area contributed by atoms with Crippen LogP contribution < -0.4 is 10.6 Å². The molecule has 1 aromatic carbocycles. The third-order valence-electron chi connectivity index (χ3n) is 2.68.